The van der Waals surface area contributed by atoms with Crippen LogP contribution in [0.1, 0.15) is 51.9 Å². The minimum atomic E-state index is -0.852. The average Bonchev–Trinajstić information content (AvgIpc) is 2.51. The van der Waals surface area contributed by atoms with E-state index < -0.39 is 5.54 Å². The first-order valence-electron chi connectivity index (χ1n) is 6.39. The number of carbonyl (C=O) groups excluding carboxylic acids is 2. The van der Waals surface area contributed by atoms with Crippen LogP contribution in [0.4, 0.5) is 0 Å². The van der Waals surface area contributed by atoms with Gasteiger partial charge in [-0.2, -0.15) is 5.26 Å². The first-order chi connectivity index (χ1) is 8.10. The molecule has 1 saturated heterocycles. The highest BCUT2D eigenvalue weighted by molar-refractivity contribution is 6.04. The number of hydrogen-bond donors (Lipinski definition) is 0. The molecule has 2 aliphatic rings. The molecule has 1 atom stereocenters. The Morgan fingerprint density at radius 1 is 1.24 bits per heavy atom. The van der Waals surface area contributed by atoms with Crippen LogP contribution in [0.5, 0.6) is 0 Å². The summed E-state index contributed by atoms with van der Waals surface area (Å²) in [6, 6.07) is 2.26. The molecule has 1 unspecified atom stereocenters. The molecule has 0 radical (unpaired) electrons. The second-order valence-corrected chi connectivity index (χ2v) is 5.23. The topological polar surface area (TPSA) is 61.2 Å². The van der Waals surface area contributed by atoms with Crippen molar-refractivity contribution in [3.63, 3.8) is 0 Å². The van der Waals surface area contributed by atoms with E-state index in [9.17, 15) is 14.9 Å². The van der Waals surface area contributed by atoms with Gasteiger partial charge in [-0.05, 0) is 12.8 Å². The molecule has 92 valence electrons. The van der Waals surface area contributed by atoms with Gasteiger partial charge in [0.1, 0.15) is 5.54 Å². The average molecular weight is 234 g/mol. The van der Waals surface area contributed by atoms with Crippen LogP contribution in [0.25, 0.3) is 0 Å². The molecule has 17 heavy (non-hydrogen) atoms. The monoisotopic (exact) mass is 234 g/mol. The Morgan fingerprint density at radius 2 is 1.82 bits per heavy atom. The van der Waals surface area contributed by atoms with Crippen molar-refractivity contribution in [2.75, 3.05) is 0 Å². The van der Waals surface area contributed by atoms with Crippen LogP contribution in [0, 0.1) is 17.2 Å². The summed E-state index contributed by atoms with van der Waals surface area (Å²) in [6.07, 6.45) is 5.60. The Balaban J connectivity index is 2.31. The summed E-state index contributed by atoms with van der Waals surface area (Å²) in [5, 5.41) is 9.45. The van der Waals surface area contributed by atoms with E-state index >= 15 is 0 Å². The van der Waals surface area contributed by atoms with Crippen molar-refractivity contribution >= 4 is 11.8 Å². The summed E-state index contributed by atoms with van der Waals surface area (Å²) in [6.45, 7) is 1.77. The molecule has 0 aromatic heterocycles. The molecule has 0 N–H and O–H groups in total. The summed E-state index contributed by atoms with van der Waals surface area (Å²) in [5.74, 6) is -0.569. The van der Waals surface area contributed by atoms with E-state index in [0.29, 0.717) is 12.8 Å². The summed E-state index contributed by atoms with van der Waals surface area (Å²) in [4.78, 5) is 25.3. The van der Waals surface area contributed by atoms with Gasteiger partial charge in [0, 0.05) is 12.3 Å². The molecule has 2 fully saturated rings. The third-order valence-corrected chi connectivity index (χ3v) is 3.94. The van der Waals surface area contributed by atoms with E-state index in [4.69, 9.17) is 0 Å². The Labute approximate surface area is 102 Å². The van der Waals surface area contributed by atoms with Gasteiger partial charge in [-0.1, -0.05) is 32.6 Å². The number of rotatable bonds is 1. The zero-order chi connectivity index (χ0) is 12.5. The predicted molar refractivity (Wildman–Crippen MR) is 61.7 cm³/mol. The summed E-state index contributed by atoms with van der Waals surface area (Å²) in [7, 11) is 0. The van der Waals surface area contributed by atoms with Crippen LogP contribution in [0.3, 0.4) is 0 Å². The highest BCUT2D eigenvalue weighted by Gasteiger charge is 2.49. The van der Waals surface area contributed by atoms with E-state index in [-0.39, 0.29) is 24.2 Å². The number of imide groups is 1. The SMILES string of the molecule is CC1CC(=O)N(C2(C#N)CCCCCC2)C1=O. The van der Waals surface area contributed by atoms with Crippen molar-refractivity contribution < 1.29 is 9.59 Å². The summed E-state index contributed by atoms with van der Waals surface area (Å²) >= 11 is 0. The minimum absolute atomic E-state index is 0.154. The number of nitrogens with zero attached hydrogens (tertiary/aromatic N) is 2. The van der Waals surface area contributed by atoms with Gasteiger partial charge in [0.25, 0.3) is 0 Å². The molecule has 0 bridgehead atoms. The molecule has 0 spiro atoms. The van der Waals surface area contributed by atoms with Gasteiger partial charge in [-0.3, -0.25) is 14.5 Å². The number of carbonyl (C=O) groups is 2. The number of hydrogen-bond acceptors (Lipinski definition) is 3. The Bertz CT molecular complexity index is 375. The van der Waals surface area contributed by atoms with Gasteiger partial charge >= 0.3 is 0 Å². The molecular weight excluding hydrogens is 216 g/mol. The molecule has 4 nitrogen and oxygen atoms in total. The zero-order valence-corrected chi connectivity index (χ0v) is 10.2. The van der Waals surface area contributed by atoms with E-state index in [1.165, 1.54) is 4.90 Å². The van der Waals surface area contributed by atoms with E-state index in [2.05, 4.69) is 6.07 Å². The van der Waals surface area contributed by atoms with Crippen LogP contribution in [0.15, 0.2) is 0 Å². The minimum Gasteiger partial charge on any atom is -0.274 e. The van der Waals surface area contributed by atoms with Crippen LogP contribution in [-0.2, 0) is 9.59 Å². The Hall–Kier alpha value is -1.37. The van der Waals surface area contributed by atoms with Crippen molar-refractivity contribution in [1.29, 1.82) is 5.26 Å². The van der Waals surface area contributed by atoms with Gasteiger partial charge in [0.15, 0.2) is 0 Å². The van der Waals surface area contributed by atoms with Crippen LogP contribution >= 0.6 is 0 Å². The highest BCUT2D eigenvalue weighted by atomic mass is 16.2. The van der Waals surface area contributed by atoms with Crippen molar-refractivity contribution in [3.8, 4) is 6.07 Å². The van der Waals surface area contributed by atoms with Crippen molar-refractivity contribution in [2.45, 2.75) is 57.4 Å². The van der Waals surface area contributed by atoms with Crippen LogP contribution < -0.4 is 0 Å². The lowest BCUT2D eigenvalue weighted by atomic mass is 9.90. The maximum atomic E-state index is 12.0. The first kappa shape index (κ1) is 12.1. The molecule has 1 saturated carbocycles. The van der Waals surface area contributed by atoms with E-state index in [1.807, 2.05) is 0 Å². The van der Waals surface area contributed by atoms with Gasteiger partial charge in [-0.15, -0.1) is 0 Å². The van der Waals surface area contributed by atoms with Gasteiger partial charge in [0.2, 0.25) is 11.8 Å². The second kappa shape index (κ2) is 4.48. The largest absolute Gasteiger partial charge is 0.274 e. The predicted octanol–water partition coefficient (Wildman–Crippen LogP) is 2.00. The maximum Gasteiger partial charge on any atom is 0.233 e. The third kappa shape index (κ3) is 1.95. The van der Waals surface area contributed by atoms with Crippen molar-refractivity contribution in [2.24, 2.45) is 5.92 Å². The second-order valence-electron chi connectivity index (χ2n) is 5.23. The summed E-state index contributed by atoms with van der Waals surface area (Å²) < 4.78 is 0. The molecule has 0 aromatic rings. The third-order valence-electron chi connectivity index (χ3n) is 3.94. The highest BCUT2D eigenvalue weighted by Crippen LogP contribution is 2.36. The van der Waals surface area contributed by atoms with Crippen LogP contribution in [0.2, 0.25) is 0 Å². The van der Waals surface area contributed by atoms with Gasteiger partial charge in [-0.25, -0.2) is 0 Å². The Kier molecular flexibility index (Phi) is 3.19. The summed E-state index contributed by atoms with van der Waals surface area (Å²) in [5.41, 5.74) is -0.852. The standard InChI is InChI=1S/C13H18N2O2/c1-10-8-11(16)15(12(10)17)13(9-14)6-4-2-3-5-7-13/h10H,2-8H2,1H3. The molecule has 1 aliphatic carbocycles. The molecule has 1 heterocycles. The lowest BCUT2D eigenvalue weighted by molar-refractivity contribution is -0.144. The number of nitriles is 1. The fourth-order valence-electron chi connectivity index (χ4n) is 2.93. The smallest absolute Gasteiger partial charge is 0.233 e. The Morgan fingerprint density at radius 3 is 2.24 bits per heavy atom. The lowest BCUT2D eigenvalue weighted by Gasteiger charge is -2.33. The molecule has 2 rings (SSSR count). The first-order valence-corrected chi connectivity index (χ1v) is 6.39. The maximum absolute atomic E-state index is 12.0. The molecule has 2 amide bonds. The molecule has 0 aromatic carbocycles. The normalized spacial score (nSPS) is 28.9. The molecule has 4 heteroatoms. The number of likely N-dealkylation sites (tertiary alicyclic amines) is 1. The zero-order valence-electron chi connectivity index (χ0n) is 10.2. The number of amides is 2. The van der Waals surface area contributed by atoms with Gasteiger partial charge in [0.05, 0.1) is 6.07 Å². The van der Waals surface area contributed by atoms with E-state index in [0.717, 1.165) is 25.7 Å². The fourth-order valence-corrected chi connectivity index (χ4v) is 2.93. The molecule has 1 aliphatic heterocycles. The van der Waals surface area contributed by atoms with Crippen LogP contribution in [-0.4, -0.2) is 22.3 Å². The van der Waals surface area contributed by atoms with Crippen molar-refractivity contribution in [3.05, 3.63) is 0 Å². The lowest BCUT2D eigenvalue weighted by Crippen LogP contribution is -2.50. The van der Waals surface area contributed by atoms with Crippen molar-refractivity contribution in [1.82, 2.24) is 4.90 Å². The quantitative estimate of drug-likeness (QED) is 0.515. The fraction of sp³-hybridized carbons (Fsp3) is 0.769. The molecular formula is C13H18N2O2. The van der Waals surface area contributed by atoms with E-state index in [1.54, 1.807) is 6.92 Å². The van der Waals surface area contributed by atoms with Gasteiger partial charge < -0.3 is 0 Å².